The van der Waals surface area contributed by atoms with Crippen molar-refractivity contribution in [1.82, 2.24) is 24.5 Å². The Kier molecular flexibility index (Phi) is 5.34. The number of hydrogen-bond acceptors (Lipinski definition) is 7. The zero-order valence-electron chi connectivity index (χ0n) is 16.7. The lowest BCUT2D eigenvalue weighted by Gasteiger charge is -2.14. The minimum absolute atomic E-state index is 0.106. The normalized spacial score (nSPS) is 11.0. The molecular formula is C20H18N6O4S. The number of para-hydroxylation sites is 1. The van der Waals surface area contributed by atoms with E-state index in [2.05, 4.69) is 10.2 Å². The van der Waals surface area contributed by atoms with Crippen LogP contribution in [0.15, 0.2) is 52.4 Å². The fraction of sp³-hybridized carbons (Fsp3) is 0.150. The number of benzene rings is 2. The van der Waals surface area contributed by atoms with Crippen LogP contribution in [0.1, 0.15) is 5.56 Å². The Hall–Kier alpha value is -3.86. The van der Waals surface area contributed by atoms with Gasteiger partial charge in [-0.1, -0.05) is 30.0 Å². The highest BCUT2D eigenvalue weighted by atomic mass is 32.2. The van der Waals surface area contributed by atoms with Gasteiger partial charge in [-0.25, -0.2) is 9.36 Å². The molecule has 31 heavy (non-hydrogen) atoms. The molecule has 3 N–H and O–H groups in total. The van der Waals surface area contributed by atoms with Crippen molar-refractivity contribution in [3.8, 4) is 11.4 Å². The number of thioether (sulfide) groups is 1. The summed E-state index contributed by atoms with van der Waals surface area (Å²) in [4.78, 5) is 36.2. The molecular weight excluding hydrogens is 420 g/mol. The number of carbonyl (C=O) groups excluding carboxylic acids is 2. The van der Waals surface area contributed by atoms with Gasteiger partial charge in [0.2, 0.25) is 11.7 Å². The summed E-state index contributed by atoms with van der Waals surface area (Å²) in [6.45, 7) is 1.91. The van der Waals surface area contributed by atoms with E-state index in [0.29, 0.717) is 27.5 Å². The summed E-state index contributed by atoms with van der Waals surface area (Å²) in [6.07, 6.45) is 0. The molecule has 0 saturated carbocycles. The molecule has 10 nitrogen and oxygen atoms in total. The van der Waals surface area contributed by atoms with Crippen molar-refractivity contribution in [2.45, 2.75) is 12.1 Å². The average Bonchev–Trinajstić information content (AvgIpc) is 3.16. The highest BCUT2D eigenvalue weighted by Crippen LogP contribution is 2.27. The van der Waals surface area contributed by atoms with Crippen LogP contribution in [0.5, 0.6) is 5.75 Å². The maximum Gasteiger partial charge on any atom is 0.318 e. The number of methoxy groups -OCH3 is 1. The van der Waals surface area contributed by atoms with Gasteiger partial charge in [0.25, 0.3) is 5.56 Å². The van der Waals surface area contributed by atoms with Gasteiger partial charge in [-0.2, -0.15) is 0 Å². The summed E-state index contributed by atoms with van der Waals surface area (Å²) in [5.74, 6) is 0.103. The zero-order valence-corrected chi connectivity index (χ0v) is 17.5. The second kappa shape index (κ2) is 8.11. The molecule has 0 unspecified atom stereocenters. The number of amides is 3. The number of nitrogens with two attached hydrogens (primary N) is 1. The van der Waals surface area contributed by atoms with E-state index in [4.69, 9.17) is 10.5 Å². The van der Waals surface area contributed by atoms with Gasteiger partial charge in [-0.3, -0.25) is 19.3 Å². The van der Waals surface area contributed by atoms with Crippen LogP contribution in [0.2, 0.25) is 0 Å². The molecule has 2 aromatic heterocycles. The Morgan fingerprint density at radius 1 is 1.19 bits per heavy atom. The number of aromatic nitrogens is 4. The van der Waals surface area contributed by atoms with Crippen LogP contribution in [-0.2, 0) is 4.79 Å². The minimum Gasteiger partial charge on any atom is -0.495 e. The van der Waals surface area contributed by atoms with Gasteiger partial charge in [0.1, 0.15) is 5.75 Å². The smallest absolute Gasteiger partial charge is 0.318 e. The van der Waals surface area contributed by atoms with Crippen molar-refractivity contribution < 1.29 is 14.3 Å². The van der Waals surface area contributed by atoms with Gasteiger partial charge in [0.05, 0.1) is 29.5 Å². The molecule has 0 aliphatic heterocycles. The Morgan fingerprint density at radius 3 is 2.71 bits per heavy atom. The van der Waals surface area contributed by atoms with Crippen LogP contribution in [0.25, 0.3) is 22.4 Å². The molecule has 2 heterocycles. The van der Waals surface area contributed by atoms with E-state index in [1.165, 1.54) is 11.7 Å². The van der Waals surface area contributed by atoms with Gasteiger partial charge in [-0.15, -0.1) is 10.2 Å². The van der Waals surface area contributed by atoms with E-state index in [1.54, 1.807) is 34.7 Å². The quantitative estimate of drug-likeness (QED) is 0.452. The molecule has 0 radical (unpaired) electrons. The van der Waals surface area contributed by atoms with Crippen molar-refractivity contribution in [3.05, 3.63) is 58.4 Å². The Balaban J connectivity index is 1.96. The SMILES string of the molecule is COc1ccc(C)cc1-n1c(=O)c2ccccc2n2c(SCC(=O)NC(N)=O)nnc12. The maximum atomic E-state index is 13.4. The number of primary amides is 1. The number of ether oxygens (including phenoxy) is 1. The van der Waals surface area contributed by atoms with Crippen LogP contribution in [0.4, 0.5) is 4.79 Å². The molecule has 4 aromatic rings. The summed E-state index contributed by atoms with van der Waals surface area (Å²) < 4.78 is 8.61. The molecule has 4 rings (SSSR count). The second-order valence-electron chi connectivity index (χ2n) is 6.65. The number of urea groups is 1. The zero-order chi connectivity index (χ0) is 22.1. The lowest BCUT2D eigenvalue weighted by atomic mass is 10.2. The van der Waals surface area contributed by atoms with Crippen molar-refractivity contribution >= 4 is 40.4 Å². The fourth-order valence-corrected chi connectivity index (χ4v) is 4.01. The van der Waals surface area contributed by atoms with Crippen LogP contribution in [-0.4, -0.2) is 44.0 Å². The standard InChI is InChI=1S/C20H18N6O4S/c1-11-7-8-15(30-2)14(9-11)25-17(28)12-5-3-4-6-13(12)26-19(25)23-24-20(26)31-10-16(27)22-18(21)29/h3-9H,10H2,1-2H3,(H3,21,22,27,29). The van der Waals surface area contributed by atoms with Gasteiger partial charge in [0.15, 0.2) is 5.16 Å². The van der Waals surface area contributed by atoms with Gasteiger partial charge >= 0.3 is 6.03 Å². The van der Waals surface area contributed by atoms with E-state index < -0.39 is 11.9 Å². The number of carbonyl (C=O) groups is 2. The first-order valence-electron chi connectivity index (χ1n) is 9.16. The first-order valence-corrected chi connectivity index (χ1v) is 10.1. The highest BCUT2D eigenvalue weighted by molar-refractivity contribution is 7.99. The van der Waals surface area contributed by atoms with Crippen LogP contribution in [0, 0.1) is 6.92 Å². The largest absolute Gasteiger partial charge is 0.495 e. The van der Waals surface area contributed by atoms with Crippen molar-refractivity contribution in [1.29, 1.82) is 0 Å². The molecule has 158 valence electrons. The Labute approximate surface area is 180 Å². The molecule has 0 saturated heterocycles. The molecule has 3 amide bonds. The fourth-order valence-electron chi connectivity index (χ4n) is 3.27. The summed E-state index contributed by atoms with van der Waals surface area (Å²) >= 11 is 1.07. The van der Waals surface area contributed by atoms with Crippen molar-refractivity contribution in [2.75, 3.05) is 12.9 Å². The van der Waals surface area contributed by atoms with E-state index in [1.807, 2.05) is 24.4 Å². The third kappa shape index (κ3) is 3.70. The first kappa shape index (κ1) is 20.4. The van der Waals surface area contributed by atoms with Gasteiger partial charge in [-0.05, 0) is 36.8 Å². The van der Waals surface area contributed by atoms with E-state index in [0.717, 1.165) is 17.3 Å². The molecule has 0 spiro atoms. The molecule has 2 aromatic carbocycles. The van der Waals surface area contributed by atoms with Gasteiger partial charge in [0, 0.05) is 0 Å². The monoisotopic (exact) mass is 438 g/mol. The van der Waals surface area contributed by atoms with Crippen LogP contribution >= 0.6 is 11.8 Å². The predicted octanol–water partition coefficient (Wildman–Crippen LogP) is 1.64. The van der Waals surface area contributed by atoms with Crippen molar-refractivity contribution in [3.63, 3.8) is 0 Å². The maximum absolute atomic E-state index is 13.4. The third-order valence-electron chi connectivity index (χ3n) is 4.56. The molecule has 0 bridgehead atoms. The number of fused-ring (bicyclic) bond motifs is 3. The summed E-state index contributed by atoms with van der Waals surface area (Å²) in [5.41, 5.74) is 6.76. The lowest BCUT2D eigenvalue weighted by molar-refractivity contribution is -0.117. The first-order chi connectivity index (χ1) is 14.9. The van der Waals surface area contributed by atoms with E-state index in [9.17, 15) is 14.4 Å². The summed E-state index contributed by atoms with van der Waals surface area (Å²) in [6, 6.07) is 11.6. The highest BCUT2D eigenvalue weighted by Gasteiger charge is 2.20. The summed E-state index contributed by atoms with van der Waals surface area (Å²) in [7, 11) is 1.53. The number of nitrogens with one attached hydrogen (secondary N) is 1. The van der Waals surface area contributed by atoms with Crippen molar-refractivity contribution in [2.24, 2.45) is 5.73 Å². The molecule has 0 aliphatic carbocycles. The molecule has 0 atom stereocenters. The Bertz CT molecular complexity index is 1390. The van der Waals surface area contributed by atoms with Gasteiger partial charge < -0.3 is 10.5 Å². The number of aryl methyl sites for hydroxylation is 1. The Morgan fingerprint density at radius 2 is 1.97 bits per heavy atom. The minimum atomic E-state index is -0.928. The lowest BCUT2D eigenvalue weighted by Crippen LogP contribution is -2.36. The third-order valence-corrected chi connectivity index (χ3v) is 5.49. The molecule has 0 fully saturated rings. The topological polar surface area (TPSA) is 134 Å². The second-order valence-corrected chi connectivity index (χ2v) is 7.59. The molecule has 0 aliphatic rings. The predicted molar refractivity (Wildman–Crippen MR) is 116 cm³/mol. The number of nitrogens with zero attached hydrogens (tertiary/aromatic N) is 4. The number of hydrogen-bond donors (Lipinski definition) is 2. The van der Waals surface area contributed by atoms with E-state index >= 15 is 0 Å². The average molecular weight is 438 g/mol. The van der Waals surface area contributed by atoms with Crippen LogP contribution in [0.3, 0.4) is 0 Å². The van der Waals surface area contributed by atoms with E-state index in [-0.39, 0.29) is 17.1 Å². The number of rotatable bonds is 5. The molecule has 11 heteroatoms. The number of imide groups is 1. The van der Waals surface area contributed by atoms with Crippen LogP contribution < -0.4 is 21.3 Å². The summed E-state index contributed by atoms with van der Waals surface area (Å²) in [5, 5.41) is 11.2.